The molecule has 1 fully saturated rings. The lowest BCUT2D eigenvalue weighted by atomic mass is 9.87. The normalized spacial score (nSPS) is 23.6. The summed E-state index contributed by atoms with van der Waals surface area (Å²) in [5, 5.41) is 20.5. The maximum absolute atomic E-state index is 4.42. The minimum absolute atomic E-state index is 0.259. The van der Waals surface area contributed by atoms with Gasteiger partial charge >= 0.3 is 0 Å². The smallest absolute Gasteiger partial charge is 0.192 e. The summed E-state index contributed by atoms with van der Waals surface area (Å²) in [6.07, 6.45) is 5.13. The van der Waals surface area contributed by atoms with Crippen molar-refractivity contribution in [2.45, 2.75) is 69.8 Å². The second-order valence-corrected chi connectivity index (χ2v) is 8.77. The fourth-order valence-electron chi connectivity index (χ4n) is 3.17. The Kier molecular flexibility index (Phi) is 4.82. The number of thioether (sulfide) groups is 1. The monoisotopic (exact) mass is 337 g/mol. The van der Waals surface area contributed by atoms with Gasteiger partial charge in [-0.3, -0.25) is 0 Å². The fourth-order valence-corrected chi connectivity index (χ4v) is 5.04. The third-order valence-corrected chi connectivity index (χ3v) is 6.52. The van der Waals surface area contributed by atoms with Gasteiger partial charge in [0.15, 0.2) is 5.16 Å². The summed E-state index contributed by atoms with van der Waals surface area (Å²) in [5.41, 5.74) is 0. The largest absolute Gasteiger partial charge is 0.303 e. The molecule has 1 aliphatic rings. The molecule has 0 radical (unpaired) electrons. The van der Waals surface area contributed by atoms with Crippen molar-refractivity contribution >= 4 is 23.1 Å². The van der Waals surface area contributed by atoms with Gasteiger partial charge in [-0.15, -0.1) is 31.7 Å². The van der Waals surface area contributed by atoms with Crippen LogP contribution in [0.4, 0.5) is 0 Å². The van der Waals surface area contributed by atoms with Crippen LogP contribution in [0.3, 0.4) is 0 Å². The predicted molar refractivity (Wildman–Crippen MR) is 90.3 cm³/mol. The first-order valence-corrected chi connectivity index (χ1v) is 9.62. The molecule has 0 spiro atoms. The van der Waals surface area contributed by atoms with Crippen molar-refractivity contribution in [3.63, 3.8) is 0 Å². The molecule has 120 valence electrons. The molecule has 5 nitrogen and oxygen atoms in total. The van der Waals surface area contributed by atoms with Crippen LogP contribution in [0.25, 0.3) is 0 Å². The number of aryl methyl sites for hydroxylation is 2. The number of rotatable bonds is 4. The van der Waals surface area contributed by atoms with Crippen LogP contribution in [0.2, 0.25) is 0 Å². The Labute approximate surface area is 139 Å². The van der Waals surface area contributed by atoms with Crippen molar-refractivity contribution in [2.75, 3.05) is 0 Å². The van der Waals surface area contributed by atoms with Gasteiger partial charge in [-0.1, -0.05) is 31.5 Å². The summed E-state index contributed by atoms with van der Waals surface area (Å²) in [6, 6.07) is 0.546. The topological polar surface area (TPSA) is 56.5 Å². The Morgan fingerprint density at radius 2 is 2.00 bits per heavy atom. The zero-order valence-corrected chi connectivity index (χ0v) is 15.2. The molecule has 3 rings (SSSR count). The molecule has 0 aromatic carbocycles. The molecular weight excluding hydrogens is 314 g/mol. The van der Waals surface area contributed by atoms with Crippen LogP contribution < -0.4 is 0 Å². The van der Waals surface area contributed by atoms with E-state index in [0.29, 0.717) is 6.04 Å². The molecule has 0 aliphatic heterocycles. The summed E-state index contributed by atoms with van der Waals surface area (Å²) in [5.74, 6) is 1.82. The highest BCUT2D eigenvalue weighted by molar-refractivity contribution is 7.99. The summed E-state index contributed by atoms with van der Waals surface area (Å²) >= 11 is 3.41. The van der Waals surface area contributed by atoms with E-state index in [1.807, 2.05) is 6.92 Å². The number of hydrogen-bond acceptors (Lipinski definition) is 6. The van der Waals surface area contributed by atoms with Crippen LogP contribution in [0.5, 0.6) is 0 Å². The van der Waals surface area contributed by atoms with Crippen LogP contribution in [0.1, 0.15) is 66.7 Å². The van der Waals surface area contributed by atoms with Crippen molar-refractivity contribution in [3.8, 4) is 0 Å². The van der Waals surface area contributed by atoms with E-state index in [0.717, 1.165) is 26.9 Å². The average molecular weight is 338 g/mol. The first kappa shape index (κ1) is 15.9. The van der Waals surface area contributed by atoms with Crippen molar-refractivity contribution in [1.82, 2.24) is 25.0 Å². The summed E-state index contributed by atoms with van der Waals surface area (Å²) < 4.78 is 2.35. The van der Waals surface area contributed by atoms with Crippen molar-refractivity contribution in [3.05, 3.63) is 15.8 Å². The van der Waals surface area contributed by atoms with Gasteiger partial charge in [-0.25, -0.2) is 0 Å². The quantitative estimate of drug-likeness (QED) is 0.776. The van der Waals surface area contributed by atoms with E-state index in [1.54, 1.807) is 23.1 Å². The van der Waals surface area contributed by atoms with E-state index >= 15 is 0 Å². The molecule has 0 saturated heterocycles. The maximum atomic E-state index is 4.42. The summed E-state index contributed by atoms with van der Waals surface area (Å²) in [6.45, 7) is 8.58. The molecule has 7 heteroatoms. The lowest BCUT2D eigenvalue weighted by Crippen LogP contribution is -2.19. The fraction of sp³-hybridized carbons (Fsp3) is 0.733. The minimum atomic E-state index is 0.259. The van der Waals surface area contributed by atoms with Crippen LogP contribution in [0.15, 0.2) is 5.16 Å². The highest BCUT2D eigenvalue weighted by atomic mass is 32.2. The summed E-state index contributed by atoms with van der Waals surface area (Å²) in [7, 11) is 0. The molecule has 22 heavy (non-hydrogen) atoms. The molecule has 2 aromatic heterocycles. The first-order chi connectivity index (χ1) is 10.5. The van der Waals surface area contributed by atoms with Crippen LogP contribution >= 0.6 is 23.1 Å². The van der Waals surface area contributed by atoms with Crippen molar-refractivity contribution < 1.29 is 0 Å². The Balaban J connectivity index is 1.79. The van der Waals surface area contributed by atoms with Gasteiger partial charge in [0.25, 0.3) is 0 Å². The third-order valence-electron chi connectivity index (χ3n) is 4.28. The van der Waals surface area contributed by atoms with Crippen LogP contribution in [-0.2, 0) is 0 Å². The predicted octanol–water partition coefficient (Wildman–Crippen LogP) is 4.35. The molecule has 0 bridgehead atoms. The van der Waals surface area contributed by atoms with Gasteiger partial charge in [0, 0.05) is 6.04 Å². The van der Waals surface area contributed by atoms with Crippen LogP contribution in [0, 0.1) is 19.8 Å². The van der Waals surface area contributed by atoms with E-state index < -0.39 is 0 Å². The standard InChI is InChI=1S/C15H23N5S2/c1-9-6-5-7-13(8-9)20-11(3)16-19-15(20)21-10(2)14-18-17-12(4)22-14/h9-10,13H,5-8H2,1-4H3/t9-,10-,13+/m0/s1. The molecule has 1 aliphatic carbocycles. The van der Waals surface area contributed by atoms with Gasteiger partial charge in [-0.2, -0.15) is 0 Å². The Morgan fingerprint density at radius 3 is 2.68 bits per heavy atom. The lowest BCUT2D eigenvalue weighted by molar-refractivity contribution is 0.268. The number of aromatic nitrogens is 5. The minimum Gasteiger partial charge on any atom is -0.303 e. The van der Waals surface area contributed by atoms with Gasteiger partial charge in [0.1, 0.15) is 15.8 Å². The Hall–Kier alpha value is -0.950. The summed E-state index contributed by atoms with van der Waals surface area (Å²) in [4.78, 5) is 0. The van der Waals surface area contributed by atoms with Gasteiger partial charge in [0.2, 0.25) is 0 Å². The average Bonchev–Trinajstić information content (AvgIpc) is 3.05. The van der Waals surface area contributed by atoms with Gasteiger partial charge in [-0.05, 0) is 39.5 Å². The number of hydrogen-bond donors (Lipinski definition) is 0. The lowest BCUT2D eigenvalue weighted by Gasteiger charge is -2.29. The molecular formula is C15H23N5S2. The second-order valence-electron chi connectivity index (χ2n) is 6.24. The highest BCUT2D eigenvalue weighted by Gasteiger charge is 2.26. The molecule has 0 unspecified atom stereocenters. The zero-order valence-electron chi connectivity index (χ0n) is 13.6. The van der Waals surface area contributed by atoms with Gasteiger partial charge in [0.05, 0.1) is 5.25 Å². The number of nitrogens with zero attached hydrogens (tertiary/aromatic N) is 5. The van der Waals surface area contributed by atoms with Crippen LogP contribution in [-0.4, -0.2) is 25.0 Å². The Morgan fingerprint density at radius 1 is 1.18 bits per heavy atom. The van der Waals surface area contributed by atoms with E-state index in [9.17, 15) is 0 Å². The molecule has 1 saturated carbocycles. The van der Waals surface area contributed by atoms with E-state index in [-0.39, 0.29) is 5.25 Å². The highest BCUT2D eigenvalue weighted by Crippen LogP contribution is 2.39. The molecule has 0 N–H and O–H groups in total. The third kappa shape index (κ3) is 3.35. The van der Waals surface area contributed by atoms with E-state index in [2.05, 4.69) is 45.7 Å². The Bertz CT molecular complexity index is 636. The SMILES string of the molecule is Cc1nnc([C@H](C)Sc2nnc(C)n2[C@@H]2CCC[C@H](C)C2)s1. The molecule has 0 amide bonds. The van der Waals surface area contributed by atoms with E-state index in [4.69, 9.17) is 0 Å². The first-order valence-electron chi connectivity index (χ1n) is 7.92. The zero-order chi connectivity index (χ0) is 15.7. The van der Waals surface area contributed by atoms with Crippen molar-refractivity contribution in [1.29, 1.82) is 0 Å². The van der Waals surface area contributed by atoms with E-state index in [1.165, 1.54) is 25.7 Å². The molecule has 2 heterocycles. The van der Waals surface area contributed by atoms with Crippen molar-refractivity contribution in [2.24, 2.45) is 5.92 Å². The maximum Gasteiger partial charge on any atom is 0.192 e. The molecule has 3 atom stereocenters. The second kappa shape index (κ2) is 6.66. The van der Waals surface area contributed by atoms with Gasteiger partial charge < -0.3 is 4.57 Å². The molecule has 2 aromatic rings.